The van der Waals surface area contributed by atoms with E-state index >= 15 is 0 Å². The fourth-order valence-corrected chi connectivity index (χ4v) is 1.59. The van der Waals surface area contributed by atoms with Crippen LogP contribution in [0, 0.1) is 5.82 Å². The first kappa shape index (κ1) is 13.2. The van der Waals surface area contributed by atoms with Crippen molar-refractivity contribution < 1.29 is 9.13 Å². The maximum absolute atomic E-state index is 13.2. The minimum absolute atomic E-state index is 0.317. The van der Waals surface area contributed by atoms with Crippen molar-refractivity contribution in [3.63, 3.8) is 0 Å². The van der Waals surface area contributed by atoms with E-state index in [9.17, 15) is 4.39 Å². The van der Waals surface area contributed by atoms with E-state index in [1.807, 2.05) is 19.0 Å². The molecule has 2 rings (SSSR count). The number of hydrogen-bond acceptors (Lipinski definition) is 4. The second kappa shape index (κ2) is 6.11. The summed E-state index contributed by atoms with van der Waals surface area (Å²) in [4.78, 5) is 6.05. The maximum Gasteiger partial charge on any atom is 0.218 e. The molecule has 0 bridgehead atoms. The molecule has 1 aromatic heterocycles. The molecule has 1 aliphatic carbocycles. The average Bonchev–Trinajstić information content (AvgIpc) is 3.12. The normalized spacial score (nSPS) is 15.1. The first-order valence-corrected chi connectivity index (χ1v) is 6.30. The van der Waals surface area contributed by atoms with Crippen LogP contribution in [0.2, 0.25) is 0 Å². The lowest BCUT2D eigenvalue weighted by Crippen LogP contribution is -2.21. The summed E-state index contributed by atoms with van der Waals surface area (Å²) in [6, 6.07) is 2.08. The van der Waals surface area contributed by atoms with Crippen molar-refractivity contribution in [3.8, 4) is 5.88 Å². The summed E-state index contributed by atoms with van der Waals surface area (Å²) in [6.45, 7) is 1.99. The van der Waals surface area contributed by atoms with Gasteiger partial charge in [0.1, 0.15) is 12.4 Å². The van der Waals surface area contributed by atoms with Gasteiger partial charge in [-0.05, 0) is 33.0 Å². The monoisotopic (exact) mass is 253 g/mol. The van der Waals surface area contributed by atoms with Gasteiger partial charge < -0.3 is 15.0 Å². The molecule has 0 aromatic carbocycles. The fraction of sp³-hybridized carbons (Fsp3) is 0.615. The highest BCUT2D eigenvalue weighted by atomic mass is 19.1. The smallest absolute Gasteiger partial charge is 0.218 e. The maximum atomic E-state index is 13.2. The van der Waals surface area contributed by atoms with Gasteiger partial charge in [0.25, 0.3) is 0 Å². The Morgan fingerprint density at radius 1 is 1.50 bits per heavy atom. The Labute approximate surface area is 107 Å². The molecule has 1 aliphatic rings. The number of nitrogens with zero attached hydrogens (tertiary/aromatic N) is 2. The van der Waals surface area contributed by atoms with E-state index in [0.717, 1.165) is 12.1 Å². The summed E-state index contributed by atoms with van der Waals surface area (Å²) in [7, 11) is 3.97. The molecule has 0 atom stereocenters. The Morgan fingerprint density at radius 3 is 2.94 bits per heavy atom. The van der Waals surface area contributed by atoms with Crippen LogP contribution in [0.15, 0.2) is 12.3 Å². The SMILES string of the molecule is CN(C)CCOc1ncc(F)cc1CNC1CC1. The summed E-state index contributed by atoms with van der Waals surface area (Å²) >= 11 is 0. The molecule has 1 saturated carbocycles. The molecule has 0 aliphatic heterocycles. The van der Waals surface area contributed by atoms with E-state index in [2.05, 4.69) is 10.3 Å². The standard InChI is InChI=1S/C13H20FN3O/c1-17(2)5-6-18-13-10(7-11(14)9-16-13)8-15-12-3-4-12/h7,9,12,15H,3-6,8H2,1-2H3. The highest BCUT2D eigenvalue weighted by Gasteiger charge is 2.21. The number of ether oxygens (including phenoxy) is 1. The van der Waals surface area contributed by atoms with Crippen LogP contribution in [0.25, 0.3) is 0 Å². The summed E-state index contributed by atoms with van der Waals surface area (Å²) < 4.78 is 18.8. The Kier molecular flexibility index (Phi) is 4.49. The first-order chi connectivity index (χ1) is 8.65. The first-order valence-electron chi connectivity index (χ1n) is 6.30. The van der Waals surface area contributed by atoms with Gasteiger partial charge in [0, 0.05) is 24.7 Å². The highest BCUT2D eigenvalue weighted by molar-refractivity contribution is 5.26. The van der Waals surface area contributed by atoms with Crippen molar-refractivity contribution in [2.75, 3.05) is 27.2 Å². The Bertz CT molecular complexity index is 394. The van der Waals surface area contributed by atoms with Crippen LogP contribution in [0.4, 0.5) is 4.39 Å². The molecule has 4 nitrogen and oxygen atoms in total. The predicted molar refractivity (Wildman–Crippen MR) is 68.1 cm³/mol. The minimum atomic E-state index is -0.317. The topological polar surface area (TPSA) is 37.4 Å². The lowest BCUT2D eigenvalue weighted by atomic mass is 10.2. The van der Waals surface area contributed by atoms with Gasteiger partial charge in [-0.2, -0.15) is 0 Å². The third-order valence-corrected chi connectivity index (χ3v) is 2.83. The number of aromatic nitrogens is 1. The second-order valence-electron chi connectivity index (χ2n) is 4.92. The number of nitrogens with one attached hydrogen (secondary N) is 1. The fourth-order valence-electron chi connectivity index (χ4n) is 1.59. The molecule has 5 heteroatoms. The lowest BCUT2D eigenvalue weighted by Gasteiger charge is -2.13. The summed E-state index contributed by atoms with van der Waals surface area (Å²) in [6.07, 6.45) is 3.62. The van der Waals surface area contributed by atoms with Crippen LogP contribution in [-0.4, -0.2) is 43.2 Å². The van der Waals surface area contributed by atoms with Crippen LogP contribution in [0.1, 0.15) is 18.4 Å². The second-order valence-corrected chi connectivity index (χ2v) is 4.92. The molecular weight excluding hydrogens is 233 g/mol. The van der Waals surface area contributed by atoms with Crippen LogP contribution in [-0.2, 0) is 6.54 Å². The molecule has 0 amide bonds. The number of rotatable bonds is 7. The molecule has 0 saturated heterocycles. The van der Waals surface area contributed by atoms with Crippen molar-refractivity contribution in [2.45, 2.75) is 25.4 Å². The molecule has 100 valence electrons. The van der Waals surface area contributed by atoms with Gasteiger partial charge in [0.15, 0.2) is 0 Å². The molecule has 1 heterocycles. The van der Waals surface area contributed by atoms with E-state index in [0.29, 0.717) is 25.1 Å². The Morgan fingerprint density at radius 2 is 2.28 bits per heavy atom. The molecule has 18 heavy (non-hydrogen) atoms. The van der Waals surface area contributed by atoms with Crippen molar-refractivity contribution in [1.29, 1.82) is 0 Å². The Balaban J connectivity index is 1.93. The van der Waals surface area contributed by atoms with Gasteiger partial charge in [0.05, 0.1) is 6.20 Å². The number of likely N-dealkylation sites (N-methyl/N-ethyl adjacent to an activating group) is 1. The van der Waals surface area contributed by atoms with Gasteiger partial charge in [0.2, 0.25) is 5.88 Å². The molecular formula is C13H20FN3O. The third-order valence-electron chi connectivity index (χ3n) is 2.83. The summed E-state index contributed by atoms with van der Waals surface area (Å²) in [5, 5.41) is 3.34. The molecule has 0 unspecified atom stereocenters. The summed E-state index contributed by atoms with van der Waals surface area (Å²) in [5.41, 5.74) is 0.792. The number of hydrogen-bond donors (Lipinski definition) is 1. The van der Waals surface area contributed by atoms with E-state index in [1.54, 1.807) is 0 Å². The molecule has 1 fully saturated rings. The number of pyridine rings is 1. The zero-order valence-electron chi connectivity index (χ0n) is 10.9. The quantitative estimate of drug-likeness (QED) is 0.797. The van der Waals surface area contributed by atoms with E-state index in [1.165, 1.54) is 25.1 Å². The number of halogens is 1. The van der Waals surface area contributed by atoms with Crippen LogP contribution in [0.3, 0.4) is 0 Å². The van der Waals surface area contributed by atoms with E-state index < -0.39 is 0 Å². The average molecular weight is 253 g/mol. The Hall–Kier alpha value is -1.20. The van der Waals surface area contributed by atoms with Crippen LogP contribution < -0.4 is 10.1 Å². The minimum Gasteiger partial charge on any atom is -0.476 e. The van der Waals surface area contributed by atoms with Crippen molar-refractivity contribution in [1.82, 2.24) is 15.2 Å². The highest BCUT2D eigenvalue weighted by Crippen LogP contribution is 2.21. The predicted octanol–water partition coefficient (Wildman–Crippen LogP) is 1.41. The van der Waals surface area contributed by atoms with E-state index in [4.69, 9.17) is 4.74 Å². The zero-order valence-corrected chi connectivity index (χ0v) is 10.9. The van der Waals surface area contributed by atoms with Gasteiger partial charge in [-0.25, -0.2) is 9.37 Å². The van der Waals surface area contributed by atoms with Gasteiger partial charge >= 0.3 is 0 Å². The van der Waals surface area contributed by atoms with Gasteiger partial charge in [-0.15, -0.1) is 0 Å². The zero-order chi connectivity index (χ0) is 13.0. The lowest BCUT2D eigenvalue weighted by molar-refractivity contribution is 0.250. The van der Waals surface area contributed by atoms with Crippen molar-refractivity contribution in [2.24, 2.45) is 0 Å². The molecule has 1 N–H and O–H groups in total. The van der Waals surface area contributed by atoms with Crippen LogP contribution >= 0.6 is 0 Å². The summed E-state index contributed by atoms with van der Waals surface area (Å²) in [5.74, 6) is 0.217. The molecule has 1 aromatic rings. The largest absolute Gasteiger partial charge is 0.476 e. The third kappa shape index (κ3) is 4.23. The van der Waals surface area contributed by atoms with Gasteiger partial charge in [-0.1, -0.05) is 0 Å². The van der Waals surface area contributed by atoms with Crippen molar-refractivity contribution in [3.05, 3.63) is 23.6 Å². The van der Waals surface area contributed by atoms with Crippen molar-refractivity contribution >= 4 is 0 Å². The molecule has 0 radical (unpaired) electrons. The van der Waals surface area contributed by atoms with Gasteiger partial charge in [-0.3, -0.25) is 0 Å². The van der Waals surface area contributed by atoms with Crippen LogP contribution in [0.5, 0.6) is 5.88 Å². The van der Waals surface area contributed by atoms with E-state index in [-0.39, 0.29) is 5.82 Å². The molecule has 0 spiro atoms.